The predicted molar refractivity (Wildman–Crippen MR) is 143 cm³/mol. The van der Waals surface area contributed by atoms with E-state index < -0.39 is 22.9 Å². The van der Waals surface area contributed by atoms with E-state index in [1.165, 1.54) is 83.5 Å². The van der Waals surface area contributed by atoms with Gasteiger partial charge in [-0.2, -0.15) is 0 Å². The van der Waals surface area contributed by atoms with Crippen molar-refractivity contribution in [2.24, 2.45) is 5.92 Å². The van der Waals surface area contributed by atoms with Gasteiger partial charge in [0, 0.05) is 0 Å². The molecule has 0 nitrogen and oxygen atoms in total. The fourth-order valence-electron chi connectivity index (χ4n) is 7.01. The van der Waals surface area contributed by atoms with Gasteiger partial charge in [-0.3, -0.25) is 0 Å². The standard InChI is InChI=1S/C21H28P.C10H15.2ClH.Hf/c1-3-11-19(12-4-1)22(20-13-5-2-6-14-20)21-15-17-9-7-8-10-18(17)16-21;1-3-6-9(2)10-7-4-5-8-10;;;/h7-10,15-16,19-20H,1-6,11-14H2;4,7,9H,3,5-6H2,1-2H3;2*1H;/q;;;;+2/p-2. The van der Waals surface area contributed by atoms with Crippen LogP contribution < -0.4 is 24.8 Å². The first-order chi connectivity index (χ1) is 16.3. The van der Waals surface area contributed by atoms with Crippen molar-refractivity contribution < 1.29 is 47.7 Å². The van der Waals surface area contributed by atoms with E-state index in [4.69, 9.17) is 0 Å². The van der Waals surface area contributed by atoms with Gasteiger partial charge in [-0.25, -0.2) is 0 Å². The summed E-state index contributed by atoms with van der Waals surface area (Å²) in [5, 5.41) is 2.00. The molecule has 5 rings (SSSR count). The molecule has 2 fully saturated rings. The fourth-order valence-corrected chi connectivity index (χ4v) is 19.4. The second kappa shape index (κ2) is 14.5. The van der Waals surface area contributed by atoms with Crippen molar-refractivity contribution in [2.75, 3.05) is 0 Å². The number of rotatable bonds is 8. The third kappa shape index (κ3) is 6.85. The van der Waals surface area contributed by atoms with Crippen molar-refractivity contribution >= 4 is 14.0 Å². The quantitative estimate of drug-likeness (QED) is 0.286. The van der Waals surface area contributed by atoms with E-state index in [1.807, 2.05) is 8.64 Å². The van der Waals surface area contributed by atoms with E-state index in [0.717, 1.165) is 20.9 Å². The second-order valence-corrected chi connectivity index (χ2v) is 19.1. The number of allylic oxidation sites excluding steroid dienone is 5. The zero-order valence-corrected chi connectivity index (χ0v) is 27.7. The zero-order chi connectivity index (χ0) is 22.6. The molecule has 2 atom stereocenters. The van der Waals surface area contributed by atoms with Crippen LogP contribution in [-0.2, 0) is 22.9 Å². The SMILES string of the molecule is CCCC(C)C1=[C]([Hf+2][CH]2C(P(C3CCCCC3)C3CCCCC3)=Cc3ccccc32)CC=C1.[Cl-].[Cl-]. The Morgan fingerprint density at radius 3 is 2.17 bits per heavy atom. The number of hydrogen-bond acceptors (Lipinski definition) is 0. The van der Waals surface area contributed by atoms with E-state index in [9.17, 15) is 0 Å². The molecule has 4 heteroatoms. The molecular formula is C31H43Cl2HfP. The maximum absolute atomic E-state index is 2.76. The van der Waals surface area contributed by atoms with Crippen molar-refractivity contribution in [2.45, 2.75) is 112 Å². The molecule has 0 saturated heterocycles. The summed E-state index contributed by atoms with van der Waals surface area (Å²) in [6, 6.07) is 9.58. The molecule has 0 aliphatic heterocycles. The van der Waals surface area contributed by atoms with Gasteiger partial charge in [0.1, 0.15) is 0 Å². The minimum Gasteiger partial charge on any atom is -1.00 e. The first-order valence-corrected chi connectivity index (χ1v) is 19.4. The average molecular weight is 696 g/mol. The van der Waals surface area contributed by atoms with Gasteiger partial charge in [-0.15, -0.1) is 0 Å². The summed E-state index contributed by atoms with van der Waals surface area (Å²) < 4.78 is 2.79. The van der Waals surface area contributed by atoms with E-state index in [2.05, 4.69) is 56.3 Å². The van der Waals surface area contributed by atoms with Crippen molar-refractivity contribution in [3.8, 4) is 0 Å². The van der Waals surface area contributed by atoms with Crippen LogP contribution in [0.3, 0.4) is 0 Å². The van der Waals surface area contributed by atoms with Gasteiger partial charge < -0.3 is 24.8 Å². The zero-order valence-electron chi connectivity index (χ0n) is 21.7. The third-order valence-electron chi connectivity index (χ3n) is 8.68. The van der Waals surface area contributed by atoms with Gasteiger partial charge >= 0.3 is 217 Å². The van der Waals surface area contributed by atoms with Gasteiger partial charge in [0.15, 0.2) is 0 Å². The molecule has 2 saturated carbocycles. The van der Waals surface area contributed by atoms with Crippen molar-refractivity contribution in [3.63, 3.8) is 0 Å². The van der Waals surface area contributed by atoms with E-state index in [-0.39, 0.29) is 32.7 Å². The Hall–Kier alpha value is 0.320. The monoisotopic (exact) mass is 696 g/mol. The summed E-state index contributed by atoms with van der Waals surface area (Å²) >= 11 is -0.997. The third-order valence-corrected chi connectivity index (χ3v) is 19.4. The van der Waals surface area contributed by atoms with E-state index in [0.29, 0.717) is 0 Å². The number of benzene rings is 1. The fraction of sp³-hybridized carbons (Fsp3) is 0.613. The van der Waals surface area contributed by atoms with Crippen molar-refractivity contribution in [1.82, 2.24) is 0 Å². The molecule has 0 heterocycles. The van der Waals surface area contributed by atoms with Crippen LogP contribution in [0.2, 0.25) is 0 Å². The molecular weight excluding hydrogens is 653 g/mol. The van der Waals surface area contributed by atoms with Gasteiger partial charge in [0.2, 0.25) is 0 Å². The summed E-state index contributed by atoms with van der Waals surface area (Å²) in [6.07, 6.45) is 26.8. The van der Waals surface area contributed by atoms with E-state index >= 15 is 0 Å². The second-order valence-electron chi connectivity index (χ2n) is 11.0. The summed E-state index contributed by atoms with van der Waals surface area (Å²) in [7, 11) is 0.0264. The Morgan fingerprint density at radius 2 is 1.54 bits per heavy atom. The summed E-state index contributed by atoms with van der Waals surface area (Å²) in [6.45, 7) is 4.85. The number of fused-ring (bicyclic) bond motifs is 1. The normalized spacial score (nSPS) is 23.4. The van der Waals surface area contributed by atoms with Crippen LogP contribution in [-0.4, -0.2) is 11.3 Å². The molecule has 0 amide bonds. The van der Waals surface area contributed by atoms with Crippen molar-refractivity contribution in [1.29, 1.82) is 0 Å². The summed E-state index contributed by atoms with van der Waals surface area (Å²) in [4.78, 5) is 0. The Bertz CT molecular complexity index is 890. The molecule has 4 aliphatic carbocycles. The van der Waals surface area contributed by atoms with Crippen LogP contribution in [0.4, 0.5) is 0 Å². The summed E-state index contributed by atoms with van der Waals surface area (Å²) in [5.41, 5.74) is 7.15. The largest absolute Gasteiger partial charge is 1.00 e. The Morgan fingerprint density at radius 1 is 0.914 bits per heavy atom. The maximum atomic E-state index is 2.76. The maximum Gasteiger partial charge on any atom is -1.00 e. The number of halogens is 2. The van der Waals surface area contributed by atoms with Crippen LogP contribution in [0.1, 0.15) is 112 Å². The molecule has 2 unspecified atom stereocenters. The van der Waals surface area contributed by atoms with Gasteiger partial charge in [-0.05, 0) is 0 Å². The van der Waals surface area contributed by atoms with Crippen LogP contribution in [0.15, 0.2) is 50.6 Å². The van der Waals surface area contributed by atoms with Crippen molar-refractivity contribution in [3.05, 3.63) is 61.8 Å². The molecule has 0 bridgehead atoms. The van der Waals surface area contributed by atoms with Gasteiger partial charge in [-0.1, -0.05) is 0 Å². The molecule has 0 aromatic heterocycles. The van der Waals surface area contributed by atoms with Crippen LogP contribution >= 0.6 is 7.92 Å². The van der Waals surface area contributed by atoms with Crippen LogP contribution in [0, 0.1) is 5.92 Å². The molecule has 35 heavy (non-hydrogen) atoms. The molecule has 0 spiro atoms. The molecule has 0 radical (unpaired) electrons. The van der Waals surface area contributed by atoms with Crippen LogP contribution in [0.5, 0.6) is 0 Å². The number of hydrogen-bond donors (Lipinski definition) is 0. The van der Waals surface area contributed by atoms with E-state index in [1.54, 1.807) is 16.7 Å². The Labute approximate surface area is 240 Å². The first kappa shape index (κ1) is 29.9. The average Bonchev–Trinajstić information content (AvgIpc) is 3.46. The molecule has 4 aliphatic rings. The predicted octanol–water partition coefficient (Wildman–Crippen LogP) is 3.97. The minimum atomic E-state index is -0.997. The van der Waals surface area contributed by atoms with Gasteiger partial charge in [0.05, 0.1) is 0 Å². The Kier molecular flexibility index (Phi) is 12.3. The van der Waals surface area contributed by atoms with Gasteiger partial charge in [0.25, 0.3) is 0 Å². The smallest absolute Gasteiger partial charge is 1.00 e. The topological polar surface area (TPSA) is 0 Å². The van der Waals surface area contributed by atoms with Crippen LogP contribution in [0.25, 0.3) is 6.08 Å². The Balaban J connectivity index is 0.00000171. The molecule has 190 valence electrons. The summed E-state index contributed by atoms with van der Waals surface area (Å²) in [5.74, 6) is 0.763. The molecule has 1 aromatic rings. The minimum absolute atomic E-state index is 0. The first-order valence-electron chi connectivity index (χ1n) is 14.0. The molecule has 1 aromatic carbocycles. The molecule has 0 N–H and O–H groups in total.